The van der Waals surface area contributed by atoms with Gasteiger partial charge in [-0.05, 0) is 18.9 Å². The number of hydrogen-bond donors (Lipinski definition) is 1. The molecule has 0 unspecified atom stereocenters. The Kier molecular flexibility index (Phi) is 4.29. The predicted molar refractivity (Wildman–Crippen MR) is 84.0 cm³/mol. The minimum absolute atomic E-state index is 0.0786. The first-order chi connectivity index (χ1) is 11.0. The maximum Gasteiger partial charge on any atom is 0.346 e. The Morgan fingerprint density at radius 2 is 2.00 bits per heavy atom. The number of carbonyl (C=O) groups is 1. The third kappa shape index (κ3) is 3.34. The van der Waals surface area contributed by atoms with Gasteiger partial charge in [0.1, 0.15) is 12.4 Å². The van der Waals surface area contributed by atoms with Gasteiger partial charge in [0, 0.05) is 19.6 Å². The lowest BCUT2D eigenvalue weighted by Crippen LogP contribution is -2.54. The summed E-state index contributed by atoms with van der Waals surface area (Å²) in [7, 11) is 0. The Labute approximate surface area is 133 Å². The summed E-state index contributed by atoms with van der Waals surface area (Å²) in [6.45, 7) is 2.89. The molecule has 7 heteroatoms. The van der Waals surface area contributed by atoms with Crippen LogP contribution >= 0.6 is 0 Å². The molecule has 122 valence electrons. The van der Waals surface area contributed by atoms with Crippen LogP contribution in [0.3, 0.4) is 0 Å². The van der Waals surface area contributed by atoms with E-state index in [2.05, 4.69) is 5.10 Å². The molecule has 0 saturated carbocycles. The molecular formula is C16H20N4O3. The number of aryl methyl sites for hydroxylation is 2. The molecule has 7 nitrogen and oxygen atoms in total. The zero-order chi connectivity index (χ0) is 16.4. The van der Waals surface area contributed by atoms with Crippen molar-refractivity contribution in [1.82, 2.24) is 19.2 Å². The van der Waals surface area contributed by atoms with Gasteiger partial charge in [-0.25, -0.2) is 9.48 Å². The molecule has 0 atom stereocenters. The molecule has 1 saturated heterocycles. The highest BCUT2D eigenvalue weighted by molar-refractivity contribution is 5.76. The fourth-order valence-corrected chi connectivity index (χ4v) is 2.68. The van der Waals surface area contributed by atoms with Crippen LogP contribution < -0.4 is 5.69 Å². The van der Waals surface area contributed by atoms with Crippen LogP contribution in [0.2, 0.25) is 0 Å². The molecule has 1 aliphatic rings. The number of hydrogen-bond acceptors (Lipinski definition) is 4. The minimum atomic E-state index is -0.444. The quantitative estimate of drug-likeness (QED) is 0.828. The first-order valence-corrected chi connectivity index (χ1v) is 7.68. The van der Waals surface area contributed by atoms with Gasteiger partial charge in [0.05, 0.1) is 6.10 Å². The van der Waals surface area contributed by atoms with Gasteiger partial charge >= 0.3 is 5.69 Å². The minimum Gasteiger partial charge on any atom is -0.389 e. The third-order valence-electron chi connectivity index (χ3n) is 4.07. The molecule has 0 spiro atoms. The highest BCUT2D eigenvalue weighted by Gasteiger charge is 2.29. The first-order valence-electron chi connectivity index (χ1n) is 7.68. The molecule has 0 radical (unpaired) electrons. The van der Waals surface area contributed by atoms with Crippen molar-refractivity contribution in [3.63, 3.8) is 0 Å². The van der Waals surface area contributed by atoms with Crippen LogP contribution in [0.1, 0.15) is 11.4 Å². The van der Waals surface area contributed by atoms with Gasteiger partial charge in [0.15, 0.2) is 0 Å². The first kappa shape index (κ1) is 15.5. The molecule has 0 aliphatic carbocycles. The second-order valence-electron chi connectivity index (χ2n) is 5.83. The molecule has 1 aromatic heterocycles. The van der Waals surface area contributed by atoms with E-state index in [4.69, 9.17) is 0 Å². The van der Waals surface area contributed by atoms with E-state index in [1.807, 2.05) is 30.3 Å². The van der Waals surface area contributed by atoms with Crippen molar-refractivity contribution in [1.29, 1.82) is 0 Å². The summed E-state index contributed by atoms with van der Waals surface area (Å²) in [5, 5.41) is 13.4. The van der Waals surface area contributed by atoms with Gasteiger partial charge in [0.2, 0.25) is 5.91 Å². The highest BCUT2D eigenvalue weighted by atomic mass is 16.3. The van der Waals surface area contributed by atoms with Crippen LogP contribution in [-0.2, 0) is 24.3 Å². The number of β-amino-alcohol motifs (C(OH)–C–C–N with tert-alkyl or cyclic N) is 1. The number of carbonyl (C=O) groups excluding carboxylic acids is 1. The Morgan fingerprint density at radius 3 is 2.65 bits per heavy atom. The Hall–Kier alpha value is -2.41. The van der Waals surface area contributed by atoms with E-state index in [-0.39, 0.29) is 18.1 Å². The molecule has 1 N–H and O–H groups in total. The van der Waals surface area contributed by atoms with Crippen molar-refractivity contribution in [2.45, 2.75) is 32.5 Å². The number of benzene rings is 1. The number of aliphatic hydroxyl groups is 1. The van der Waals surface area contributed by atoms with Crippen LogP contribution in [0.5, 0.6) is 0 Å². The molecule has 1 amide bonds. The van der Waals surface area contributed by atoms with Crippen LogP contribution in [0.15, 0.2) is 35.1 Å². The van der Waals surface area contributed by atoms with Gasteiger partial charge in [-0.1, -0.05) is 30.3 Å². The van der Waals surface area contributed by atoms with E-state index in [0.717, 1.165) is 12.0 Å². The summed E-state index contributed by atoms with van der Waals surface area (Å²) in [4.78, 5) is 25.9. The second-order valence-corrected chi connectivity index (χ2v) is 5.83. The SMILES string of the molecule is Cc1nn(CC(=O)N2CC(O)C2)c(=O)n1CCc1ccccc1. The van der Waals surface area contributed by atoms with Crippen molar-refractivity contribution >= 4 is 5.91 Å². The fourth-order valence-electron chi connectivity index (χ4n) is 2.68. The lowest BCUT2D eigenvalue weighted by molar-refractivity contribution is -0.142. The van der Waals surface area contributed by atoms with Gasteiger partial charge < -0.3 is 10.0 Å². The molecule has 1 fully saturated rings. The van der Waals surface area contributed by atoms with Gasteiger partial charge in [-0.2, -0.15) is 5.10 Å². The van der Waals surface area contributed by atoms with E-state index in [1.165, 1.54) is 9.58 Å². The van der Waals surface area contributed by atoms with Crippen LogP contribution in [-0.4, -0.2) is 49.5 Å². The molecular weight excluding hydrogens is 296 g/mol. The van der Waals surface area contributed by atoms with Crippen molar-refractivity contribution < 1.29 is 9.90 Å². The molecule has 0 bridgehead atoms. The summed E-state index contributed by atoms with van der Waals surface area (Å²) in [6.07, 6.45) is 0.292. The van der Waals surface area contributed by atoms with Crippen LogP contribution in [0.25, 0.3) is 0 Å². The highest BCUT2D eigenvalue weighted by Crippen LogP contribution is 2.08. The third-order valence-corrected chi connectivity index (χ3v) is 4.07. The molecule has 3 rings (SSSR count). The second kappa shape index (κ2) is 6.37. The van der Waals surface area contributed by atoms with Crippen molar-refractivity contribution in [2.24, 2.45) is 0 Å². The van der Waals surface area contributed by atoms with E-state index >= 15 is 0 Å². The topological polar surface area (TPSA) is 80.4 Å². The van der Waals surface area contributed by atoms with E-state index < -0.39 is 6.10 Å². The average Bonchev–Trinajstić information content (AvgIpc) is 2.77. The Morgan fingerprint density at radius 1 is 1.30 bits per heavy atom. The maximum absolute atomic E-state index is 12.4. The van der Waals surface area contributed by atoms with Crippen molar-refractivity contribution in [3.05, 3.63) is 52.2 Å². The number of nitrogens with zero attached hydrogens (tertiary/aromatic N) is 4. The van der Waals surface area contributed by atoms with Crippen LogP contribution in [0, 0.1) is 6.92 Å². The van der Waals surface area contributed by atoms with Crippen molar-refractivity contribution in [3.8, 4) is 0 Å². The van der Waals surface area contributed by atoms with Crippen LogP contribution in [0.4, 0.5) is 0 Å². The number of aliphatic hydroxyl groups excluding tert-OH is 1. The molecule has 1 aliphatic heterocycles. The van der Waals surface area contributed by atoms with Gasteiger partial charge in [-0.15, -0.1) is 0 Å². The van der Waals surface area contributed by atoms with E-state index in [1.54, 1.807) is 11.5 Å². The lowest BCUT2D eigenvalue weighted by atomic mass is 10.1. The van der Waals surface area contributed by atoms with Gasteiger partial charge in [-0.3, -0.25) is 9.36 Å². The average molecular weight is 316 g/mol. The summed E-state index contributed by atoms with van der Waals surface area (Å²) in [5.74, 6) is 0.410. The summed E-state index contributed by atoms with van der Waals surface area (Å²) in [5.41, 5.74) is 0.880. The Bertz CT molecular complexity index is 744. The monoisotopic (exact) mass is 316 g/mol. The number of likely N-dealkylation sites (tertiary alicyclic amines) is 1. The number of amides is 1. The zero-order valence-electron chi connectivity index (χ0n) is 13.1. The normalized spacial score (nSPS) is 14.8. The Balaban J connectivity index is 1.67. The maximum atomic E-state index is 12.4. The molecule has 1 aromatic carbocycles. The summed E-state index contributed by atoms with van der Waals surface area (Å²) in [6, 6.07) is 9.92. The van der Waals surface area contributed by atoms with Crippen molar-refractivity contribution in [2.75, 3.05) is 13.1 Å². The number of rotatable bonds is 5. The lowest BCUT2D eigenvalue weighted by Gasteiger charge is -2.35. The standard InChI is InChI=1S/C16H20N4O3/c1-12-17-20(11-15(22)18-9-14(21)10-18)16(23)19(12)8-7-13-5-3-2-4-6-13/h2-6,14,21H,7-11H2,1H3. The number of aromatic nitrogens is 3. The largest absolute Gasteiger partial charge is 0.389 e. The molecule has 2 heterocycles. The molecule has 23 heavy (non-hydrogen) atoms. The zero-order valence-corrected chi connectivity index (χ0v) is 13.1. The fraction of sp³-hybridized carbons (Fsp3) is 0.438. The molecule has 2 aromatic rings. The smallest absolute Gasteiger partial charge is 0.346 e. The predicted octanol–water partition coefficient (Wildman–Crippen LogP) is -0.201. The van der Waals surface area contributed by atoms with E-state index in [0.29, 0.717) is 25.5 Å². The summed E-state index contributed by atoms with van der Waals surface area (Å²) >= 11 is 0. The summed E-state index contributed by atoms with van der Waals surface area (Å²) < 4.78 is 2.79. The van der Waals surface area contributed by atoms with Gasteiger partial charge in [0.25, 0.3) is 0 Å². The van der Waals surface area contributed by atoms with E-state index in [9.17, 15) is 14.7 Å².